The van der Waals surface area contributed by atoms with E-state index in [1.165, 1.54) is 9.80 Å². The first-order valence-electron chi connectivity index (χ1n) is 9.43. The molecule has 0 unspecified atom stereocenters. The van der Waals surface area contributed by atoms with Crippen molar-refractivity contribution in [1.29, 1.82) is 0 Å². The summed E-state index contributed by atoms with van der Waals surface area (Å²) in [6, 6.07) is 15.1. The largest absolute Gasteiger partial charge is 0.332 e. The molecule has 28 heavy (non-hydrogen) atoms. The topological polar surface area (TPSA) is 69.7 Å². The van der Waals surface area contributed by atoms with Crippen LogP contribution in [0, 0.1) is 12.8 Å². The minimum absolute atomic E-state index is 0.0749. The van der Waals surface area contributed by atoms with Crippen LogP contribution in [0.5, 0.6) is 0 Å². The fourth-order valence-electron chi connectivity index (χ4n) is 3.28. The quantitative estimate of drug-likeness (QED) is 0.776. The molecule has 6 heteroatoms. The second-order valence-corrected chi connectivity index (χ2v) is 7.47. The van der Waals surface area contributed by atoms with Crippen LogP contribution in [-0.4, -0.2) is 35.3 Å². The number of anilines is 2. The Balaban J connectivity index is 1.82. The number of hydrogen-bond donors (Lipinski definition) is 1. The molecule has 0 saturated carbocycles. The lowest BCUT2D eigenvalue weighted by molar-refractivity contribution is -0.124. The van der Waals surface area contributed by atoms with Crippen LogP contribution in [0.15, 0.2) is 54.6 Å². The summed E-state index contributed by atoms with van der Waals surface area (Å²) in [4.78, 5) is 41.3. The number of hydrogen-bond acceptors (Lipinski definition) is 3. The molecular weight excluding hydrogens is 354 g/mol. The van der Waals surface area contributed by atoms with Crippen molar-refractivity contribution >= 4 is 29.2 Å². The van der Waals surface area contributed by atoms with Gasteiger partial charge in [-0.3, -0.25) is 9.59 Å². The first-order chi connectivity index (χ1) is 13.4. The normalized spacial score (nSPS) is 16.8. The molecule has 6 nitrogen and oxygen atoms in total. The highest BCUT2D eigenvalue weighted by molar-refractivity contribution is 6.22. The fraction of sp³-hybridized carbons (Fsp3) is 0.318. The van der Waals surface area contributed by atoms with Gasteiger partial charge in [0.2, 0.25) is 5.91 Å². The highest BCUT2D eigenvalue weighted by atomic mass is 16.2. The van der Waals surface area contributed by atoms with E-state index in [9.17, 15) is 14.4 Å². The number of rotatable bonds is 6. The van der Waals surface area contributed by atoms with Crippen LogP contribution in [0.25, 0.3) is 0 Å². The van der Waals surface area contributed by atoms with Crippen LogP contribution in [0.3, 0.4) is 0 Å². The molecule has 1 heterocycles. The summed E-state index contributed by atoms with van der Waals surface area (Å²) < 4.78 is 0. The number of nitrogens with one attached hydrogen (secondary N) is 1. The van der Waals surface area contributed by atoms with Crippen LogP contribution < -0.4 is 10.2 Å². The molecule has 0 radical (unpaired) electrons. The van der Waals surface area contributed by atoms with E-state index in [1.54, 1.807) is 24.3 Å². The average Bonchev–Trinajstić information content (AvgIpc) is 2.87. The molecule has 0 aliphatic carbocycles. The van der Waals surface area contributed by atoms with E-state index in [1.807, 2.05) is 51.1 Å². The second kappa shape index (κ2) is 8.25. The summed E-state index contributed by atoms with van der Waals surface area (Å²) in [6.07, 6.45) is -0.0749. The van der Waals surface area contributed by atoms with E-state index in [-0.39, 0.29) is 30.2 Å². The van der Waals surface area contributed by atoms with Gasteiger partial charge in [0, 0.05) is 12.2 Å². The Hall–Kier alpha value is -3.15. The number of benzene rings is 2. The third kappa shape index (κ3) is 4.22. The summed E-state index contributed by atoms with van der Waals surface area (Å²) in [5.41, 5.74) is 2.23. The SMILES string of the molecule is Cc1ccc(N2C(=O)[C@H](CC(=O)Nc3ccccc3)N(CC(C)C)C2=O)cc1. The summed E-state index contributed by atoms with van der Waals surface area (Å²) in [5, 5.41) is 2.79. The highest BCUT2D eigenvalue weighted by Crippen LogP contribution is 2.28. The summed E-state index contributed by atoms with van der Waals surface area (Å²) in [5.74, 6) is -0.482. The van der Waals surface area contributed by atoms with Crippen molar-refractivity contribution in [3.63, 3.8) is 0 Å². The number of nitrogens with zero attached hydrogens (tertiary/aromatic N) is 2. The lowest BCUT2D eigenvalue weighted by atomic mass is 10.1. The third-order valence-electron chi connectivity index (χ3n) is 4.61. The van der Waals surface area contributed by atoms with E-state index < -0.39 is 6.04 Å². The molecule has 0 aromatic heterocycles. The van der Waals surface area contributed by atoms with Gasteiger partial charge in [-0.05, 0) is 37.1 Å². The van der Waals surface area contributed by atoms with Crippen molar-refractivity contribution in [2.45, 2.75) is 33.2 Å². The van der Waals surface area contributed by atoms with Crippen molar-refractivity contribution in [2.24, 2.45) is 5.92 Å². The Morgan fingerprint density at radius 1 is 1.04 bits per heavy atom. The molecule has 0 spiro atoms. The molecule has 4 amide bonds. The molecule has 1 aliphatic rings. The Labute approximate surface area is 165 Å². The van der Waals surface area contributed by atoms with Crippen LogP contribution >= 0.6 is 0 Å². The van der Waals surface area contributed by atoms with Gasteiger partial charge in [0.05, 0.1) is 12.1 Å². The van der Waals surface area contributed by atoms with E-state index in [0.29, 0.717) is 17.9 Å². The molecule has 3 rings (SSSR count). The fourth-order valence-corrected chi connectivity index (χ4v) is 3.28. The molecule has 1 saturated heterocycles. The van der Waals surface area contributed by atoms with Gasteiger partial charge in [0.25, 0.3) is 5.91 Å². The van der Waals surface area contributed by atoms with Gasteiger partial charge >= 0.3 is 6.03 Å². The zero-order valence-electron chi connectivity index (χ0n) is 16.4. The molecular formula is C22H25N3O3. The smallest absolute Gasteiger partial charge is 0.326 e. The maximum absolute atomic E-state index is 13.1. The van der Waals surface area contributed by atoms with Crippen molar-refractivity contribution in [2.75, 3.05) is 16.8 Å². The summed E-state index contributed by atoms with van der Waals surface area (Å²) >= 11 is 0. The third-order valence-corrected chi connectivity index (χ3v) is 4.61. The Kier molecular flexibility index (Phi) is 5.78. The predicted molar refractivity (Wildman–Crippen MR) is 109 cm³/mol. The maximum atomic E-state index is 13.1. The van der Waals surface area contributed by atoms with Crippen molar-refractivity contribution in [1.82, 2.24) is 4.90 Å². The molecule has 1 aliphatic heterocycles. The predicted octanol–water partition coefficient (Wildman–Crippen LogP) is 3.82. The Morgan fingerprint density at radius 2 is 1.68 bits per heavy atom. The minimum Gasteiger partial charge on any atom is -0.326 e. The standard InChI is InChI=1S/C22H25N3O3/c1-15(2)14-24-19(13-20(26)23-17-7-5-4-6-8-17)21(27)25(22(24)28)18-11-9-16(3)10-12-18/h4-12,15,19H,13-14H2,1-3H3,(H,23,26)/t19-/m0/s1. The van der Waals surface area contributed by atoms with Crippen LogP contribution in [0.1, 0.15) is 25.8 Å². The Bertz CT molecular complexity index is 862. The molecule has 2 aromatic rings. The van der Waals surface area contributed by atoms with Gasteiger partial charge in [-0.1, -0.05) is 49.7 Å². The molecule has 1 N–H and O–H groups in total. The zero-order valence-corrected chi connectivity index (χ0v) is 16.4. The van der Waals surface area contributed by atoms with Gasteiger partial charge < -0.3 is 10.2 Å². The number of para-hydroxylation sites is 1. The van der Waals surface area contributed by atoms with E-state index in [4.69, 9.17) is 0 Å². The number of aryl methyl sites for hydroxylation is 1. The van der Waals surface area contributed by atoms with Gasteiger partial charge in [0.1, 0.15) is 6.04 Å². The van der Waals surface area contributed by atoms with Gasteiger partial charge in [0.15, 0.2) is 0 Å². The van der Waals surface area contributed by atoms with Crippen molar-refractivity contribution < 1.29 is 14.4 Å². The molecule has 2 aromatic carbocycles. The number of carbonyl (C=O) groups is 3. The molecule has 1 atom stereocenters. The van der Waals surface area contributed by atoms with E-state index >= 15 is 0 Å². The van der Waals surface area contributed by atoms with Crippen molar-refractivity contribution in [3.8, 4) is 0 Å². The lowest BCUT2D eigenvalue weighted by Gasteiger charge is -2.23. The summed E-state index contributed by atoms with van der Waals surface area (Å²) in [6.45, 7) is 6.32. The molecule has 0 bridgehead atoms. The Morgan fingerprint density at radius 3 is 2.29 bits per heavy atom. The first kappa shape index (κ1) is 19.6. The number of carbonyl (C=O) groups excluding carboxylic acids is 3. The number of amides is 4. The zero-order chi connectivity index (χ0) is 20.3. The van der Waals surface area contributed by atoms with Gasteiger partial charge in [-0.2, -0.15) is 0 Å². The first-order valence-corrected chi connectivity index (χ1v) is 9.43. The number of urea groups is 1. The second-order valence-electron chi connectivity index (χ2n) is 7.47. The molecule has 146 valence electrons. The maximum Gasteiger partial charge on any atom is 0.332 e. The van der Waals surface area contributed by atoms with Crippen molar-refractivity contribution in [3.05, 3.63) is 60.2 Å². The molecule has 1 fully saturated rings. The minimum atomic E-state index is -0.806. The van der Waals surface area contributed by atoms with Crippen LogP contribution in [0.4, 0.5) is 16.2 Å². The average molecular weight is 379 g/mol. The number of imide groups is 1. The van der Waals surface area contributed by atoms with Gasteiger partial charge in [-0.15, -0.1) is 0 Å². The van der Waals surface area contributed by atoms with Crippen LogP contribution in [0.2, 0.25) is 0 Å². The van der Waals surface area contributed by atoms with E-state index in [2.05, 4.69) is 5.32 Å². The highest BCUT2D eigenvalue weighted by Gasteiger charge is 2.46. The van der Waals surface area contributed by atoms with Crippen LogP contribution in [-0.2, 0) is 9.59 Å². The van der Waals surface area contributed by atoms with E-state index in [0.717, 1.165) is 5.56 Å². The monoisotopic (exact) mass is 379 g/mol. The van der Waals surface area contributed by atoms with Gasteiger partial charge in [-0.25, -0.2) is 9.69 Å². The lowest BCUT2D eigenvalue weighted by Crippen LogP contribution is -2.40. The summed E-state index contributed by atoms with van der Waals surface area (Å²) in [7, 11) is 0.